The normalized spacial score (nSPS) is 22.8. The molecule has 0 bridgehead atoms. The molecule has 0 spiro atoms. The van der Waals surface area contributed by atoms with E-state index in [1.54, 1.807) is 6.20 Å². The van der Waals surface area contributed by atoms with Gasteiger partial charge >= 0.3 is 6.09 Å². The first-order chi connectivity index (χ1) is 9.74. The molecule has 2 aromatic rings. The van der Waals surface area contributed by atoms with Crippen molar-refractivity contribution in [3.05, 3.63) is 30.6 Å². The maximum Gasteiger partial charge on any atom is 0.404 e. The van der Waals surface area contributed by atoms with Gasteiger partial charge in [0.2, 0.25) is 0 Å². The van der Waals surface area contributed by atoms with Crippen LogP contribution >= 0.6 is 0 Å². The van der Waals surface area contributed by atoms with E-state index < -0.39 is 6.09 Å². The Morgan fingerprint density at radius 2 is 2.20 bits per heavy atom. The summed E-state index contributed by atoms with van der Waals surface area (Å²) in [6.45, 7) is 0.563. The van der Waals surface area contributed by atoms with Crippen molar-refractivity contribution < 1.29 is 9.90 Å². The molecule has 0 aromatic carbocycles. The summed E-state index contributed by atoms with van der Waals surface area (Å²) in [5.74, 6) is 0.916. The van der Waals surface area contributed by atoms with Crippen LogP contribution in [0.15, 0.2) is 24.9 Å². The van der Waals surface area contributed by atoms with E-state index in [0.717, 1.165) is 36.9 Å². The molecule has 1 aliphatic rings. The summed E-state index contributed by atoms with van der Waals surface area (Å²) in [4.78, 5) is 19.2. The summed E-state index contributed by atoms with van der Waals surface area (Å²) in [6, 6.07) is 0. The predicted octanol–water partition coefficient (Wildman–Crippen LogP) is 2.27. The Kier molecular flexibility index (Phi) is 3.54. The molecule has 2 heterocycles. The second kappa shape index (κ2) is 5.48. The molecular weight excluding hydrogens is 256 g/mol. The smallest absolute Gasteiger partial charge is 0.404 e. The van der Waals surface area contributed by atoms with Crippen molar-refractivity contribution in [2.45, 2.75) is 31.6 Å². The highest BCUT2D eigenvalue weighted by atomic mass is 16.4. The van der Waals surface area contributed by atoms with Gasteiger partial charge in [-0.2, -0.15) is 0 Å². The second-order valence-electron chi connectivity index (χ2n) is 5.40. The van der Waals surface area contributed by atoms with Crippen LogP contribution in [0.2, 0.25) is 0 Å². The number of imidazole rings is 1. The third-order valence-electron chi connectivity index (χ3n) is 4.15. The number of nitrogens with zero attached hydrogens (tertiary/aromatic N) is 3. The van der Waals surface area contributed by atoms with Crippen LogP contribution in [-0.2, 0) is 0 Å². The number of fused-ring (bicyclic) bond motifs is 1. The molecule has 0 saturated heterocycles. The lowest BCUT2D eigenvalue weighted by Gasteiger charge is -2.27. The Morgan fingerprint density at radius 1 is 1.40 bits per heavy atom. The third-order valence-corrected chi connectivity index (χ3v) is 4.15. The monoisotopic (exact) mass is 274 g/mol. The number of carbonyl (C=O) groups is 1. The minimum Gasteiger partial charge on any atom is -0.465 e. The average molecular weight is 274 g/mol. The molecule has 1 saturated carbocycles. The van der Waals surface area contributed by atoms with Crippen LogP contribution in [0.4, 0.5) is 4.79 Å². The minimum absolute atomic E-state index is 0.453. The summed E-state index contributed by atoms with van der Waals surface area (Å²) < 4.78 is 2.00. The SMILES string of the molecule is O=C(O)NCC1CCC(c2ncn3ccncc23)CC1. The van der Waals surface area contributed by atoms with E-state index in [-0.39, 0.29) is 0 Å². The molecule has 2 N–H and O–H groups in total. The van der Waals surface area contributed by atoms with Gasteiger partial charge in [0.15, 0.2) is 0 Å². The van der Waals surface area contributed by atoms with Gasteiger partial charge in [-0.3, -0.25) is 4.98 Å². The van der Waals surface area contributed by atoms with Gasteiger partial charge in [0, 0.05) is 24.9 Å². The fourth-order valence-corrected chi connectivity index (χ4v) is 3.05. The van der Waals surface area contributed by atoms with Gasteiger partial charge in [0.1, 0.15) is 0 Å². The standard InChI is InChI=1S/C14H18N4O2/c19-14(20)16-7-10-1-3-11(4-2-10)13-12-8-15-5-6-18(12)9-17-13/h5-6,8-11,16H,1-4,7H2,(H,19,20). The number of aromatic nitrogens is 3. The maximum absolute atomic E-state index is 10.5. The van der Waals surface area contributed by atoms with Crippen molar-refractivity contribution in [1.82, 2.24) is 19.7 Å². The van der Waals surface area contributed by atoms with Crippen molar-refractivity contribution in [2.24, 2.45) is 5.92 Å². The summed E-state index contributed by atoms with van der Waals surface area (Å²) in [7, 11) is 0. The Bertz CT molecular complexity index is 602. The minimum atomic E-state index is -0.932. The van der Waals surface area contributed by atoms with Crippen molar-refractivity contribution in [3.8, 4) is 0 Å². The van der Waals surface area contributed by atoms with Gasteiger partial charge in [-0.1, -0.05) is 0 Å². The van der Waals surface area contributed by atoms with E-state index >= 15 is 0 Å². The lowest BCUT2D eigenvalue weighted by atomic mass is 9.80. The molecule has 20 heavy (non-hydrogen) atoms. The van der Waals surface area contributed by atoms with Gasteiger partial charge in [0.25, 0.3) is 0 Å². The van der Waals surface area contributed by atoms with E-state index in [1.165, 1.54) is 0 Å². The Morgan fingerprint density at radius 3 is 2.95 bits per heavy atom. The fourth-order valence-electron chi connectivity index (χ4n) is 3.05. The lowest BCUT2D eigenvalue weighted by molar-refractivity contribution is 0.189. The first-order valence-corrected chi connectivity index (χ1v) is 6.97. The quantitative estimate of drug-likeness (QED) is 0.899. The van der Waals surface area contributed by atoms with Crippen LogP contribution in [0.1, 0.15) is 37.3 Å². The van der Waals surface area contributed by atoms with Crippen LogP contribution in [0.25, 0.3) is 5.52 Å². The largest absolute Gasteiger partial charge is 0.465 e. The van der Waals surface area contributed by atoms with E-state index in [0.29, 0.717) is 18.4 Å². The predicted molar refractivity (Wildman–Crippen MR) is 73.7 cm³/mol. The molecule has 6 nitrogen and oxygen atoms in total. The summed E-state index contributed by atoms with van der Waals surface area (Å²) in [5, 5.41) is 11.1. The molecule has 0 unspecified atom stereocenters. The number of hydrogen-bond acceptors (Lipinski definition) is 3. The van der Waals surface area contributed by atoms with Crippen LogP contribution in [0.3, 0.4) is 0 Å². The highest BCUT2D eigenvalue weighted by molar-refractivity contribution is 5.64. The number of carboxylic acid groups (broad SMARTS) is 1. The highest BCUT2D eigenvalue weighted by Crippen LogP contribution is 2.36. The topological polar surface area (TPSA) is 79.5 Å². The summed E-state index contributed by atoms with van der Waals surface area (Å²) >= 11 is 0. The zero-order chi connectivity index (χ0) is 13.9. The van der Waals surface area contributed by atoms with Crippen LogP contribution in [0.5, 0.6) is 0 Å². The molecule has 0 atom stereocenters. The van der Waals surface area contributed by atoms with Crippen molar-refractivity contribution >= 4 is 11.6 Å². The number of nitrogens with one attached hydrogen (secondary N) is 1. The zero-order valence-corrected chi connectivity index (χ0v) is 11.2. The molecule has 106 valence electrons. The number of hydrogen-bond donors (Lipinski definition) is 2. The van der Waals surface area contributed by atoms with Crippen molar-refractivity contribution in [1.29, 1.82) is 0 Å². The van der Waals surface area contributed by atoms with E-state index in [9.17, 15) is 4.79 Å². The van der Waals surface area contributed by atoms with Crippen LogP contribution < -0.4 is 5.32 Å². The molecule has 1 fully saturated rings. The second-order valence-corrected chi connectivity index (χ2v) is 5.40. The van der Waals surface area contributed by atoms with Gasteiger partial charge < -0.3 is 14.8 Å². The molecule has 0 radical (unpaired) electrons. The fraction of sp³-hybridized carbons (Fsp3) is 0.500. The Hall–Kier alpha value is -2.11. The maximum atomic E-state index is 10.5. The lowest BCUT2D eigenvalue weighted by Crippen LogP contribution is -2.29. The van der Waals surface area contributed by atoms with E-state index in [1.807, 2.05) is 23.1 Å². The molecule has 1 amide bonds. The third kappa shape index (κ3) is 2.59. The van der Waals surface area contributed by atoms with Gasteiger partial charge in [-0.15, -0.1) is 0 Å². The summed E-state index contributed by atoms with van der Waals surface area (Å²) in [6.07, 6.45) is 10.7. The van der Waals surface area contributed by atoms with Gasteiger partial charge in [-0.05, 0) is 31.6 Å². The highest BCUT2D eigenvalue weighted by Gasteiger charge is 2.25. The Labute approximate surface area is 116 Å². The first kappa shape index (κ1) is 12.9. The summed E-state index contributed by atoms with van der Waals surface area (Å²) in [5.41, 5.74) is 2.21. The molecule has 0 aliphatic heterocycles. The van der Waals surface area contributed by atoms with E-state index in [4.69, 9.17) is 5.11 Å². The van der Waals surface area contributed by atoms with Crippen LogP contribution in [0, 0.1) is 5.92 Å². The van der Waals surface area contributed by atoms with Crippen molar-refractivity contribution in [3.63, 3.8) is 0 Å². The molecular formula is C14H18N4O2. The van der Waals surface area contributed by atoms with Gasteiger partial charge in [-0.25, -0.2) is 9.78 Å². The van der Waals surface area contributed by atoms with Gasteiger partial charge in [0.05, 0.1) is 23.7 Å². The van der Waals surface area contributed by atoms with Crippen molar-refractivity contribution in [2.75, 3.05) is 6.54 Å². The first-order valence-electron chi connectivity index (χ1n) is 6.97. The zero-order valence-electron chi connectivity index (χ0n) is 11.2. The molecule has 6 heteroatoms. The Balaban J connectivity index is 1.65. The van der Waals surface area contributed by atoms with E-state index in [2.05, 4.69) is 15.3 Å². The average Bonchev–Trinajstić information content (AvgIpc) is 2.89. The molecule has 3 rings (SSSR count). The number of amides is 1. The van der Waals surface area contributed by atoms with Crippen LogP contribution in [-0.4, -0.2) is 32.1 Å². The number of rotatable bonds is 3. The molecule has 2 aromatic heterocycles. The molecule has 1 aliphatic carbocycles.